The highest BCUT2D eigenvalue weighted by molar-refractivity contribution is 7.22. The zero-order chi connectivity index (χ0) is 19.3. The van der Waals surface area contributed by atoms with E-state index in [9.17, 15) is 9.90 Å². The normalized spacial score (nSPS) is 20.7. The van der Waals surface area contributed by atoms with Crippen molar-refractivity contribution in [3.05, 3.63) is 70.0 Å². The Morgan fingerprint density at radius 3 is 2.70 bits per heavy atom. The molecule has 0 radical (unpaired) electrons. The lowest BCUT2D eigenvalue weighted by Gasteiger charge is -2.22. The molecule has 1 aliphatic rings. The third kappa shape index (κ3) is 3.77. The molecule has 3 aromatic heterocycles. The van der Waals surface area contributed by atoms with Crippen molar-refractivity contribution in [1.82, 2.24) is 25.5 Å². The quantitative estimate of drug-likeness (QED) is 0.370. The van der Waals surface area contributed by atoms with Crippen LogP contribution in [0, 0.1) is 6.92 Å². The number of hydrogen-bond acceptors (Lipinski definition) is 6. The molecular weight excluding hydrogens is 445 g/mol. The van der Waals surface area contributed by atoms with Crippen LogP contribution in [-0.2, 0) is 5.60 Å². The lowest BCUT2D eigenvalue weighted by molar-refractivity contribution is 0.0556. The molecule has 158 valence electrons. The summed E-state index contributed by atoms with van der Waals surface area (Å²) in [7, 11) is 0. The number of H-pyrrole nitrogens is 2. The largest absolute Gasteiger partial charge is 0.384 e. The number of aromatic amines is 2. The predicted octanol–water partition coefficient (Wildman–Crippen LogP) is 3.45. The number of fused-ring (bicyclic) bond motifs is 1. The Labute approximate surface area is 188 Å². The van der Waals surface area contributed by atoms with Crippen LogP contribution in [0.3, 0.4) is 0 Å². The summed E-state index contributed by atoms with van der Waals surface area (Å²) in [5, 5.41) is 21.3. The van der Waals surface area contributed by atoms with Crippen molar-refractivity contribution >= 4 is 46.4 Å². The summed E-state index contributed by atoms with van der Waals surface area (Å²) in [6, 6.07) is 11.3. The van der Waals surface area contributed by atoms with E-state index in [-0.39, 0.29) is 36.4 Å². The van der Waals surface area contributed by atoms with Gasteiger partial charge in [-0.1, -0.05) is 30.3 Å². The fourth-order valence-corrected chi connectivity index (χ4v) is 4.85. The van der Waals surface area contributed by atoms with Gasteiger partial charge in [0.2, 0.25) is 0 Å². The topological polar surface area (TPSA) is 107 Å². The zero-order valence-corrected chi connectivity index (χ0v) is 18.5. The molecule has 2 atom stereocenters. The Bertz CT molecular complexity index is 1220. The molecule has 2 unspecified atom stereocenters. The van der Waals surface area contributed by atoms with Crippen LogP contribution in [0.4, 0.5) is 0 Å². The highest BCUT2D eigenvalue weighted by atomic mass is 35.5. The number of aryl methyl sites for hydroxylation is 1. The van der Waals surface area contributed by atoms with Gasteiger partial charge in [-0.05, 0) is 18.6 Å². The molecule has 0 bridgehead atoms. The highest BCUT2D eigenvalue weighted by Crippen LogP contribution is 2.37. The summed E-state index contributed by atoms with van der Waals surface area (Å²) >= 11 is 1.41. The summed E-state index contributed by atoms with van der Waals surface area (Å²) in [5.41, 5.74) is 2.31. The fourth-order valence-electron chi connectivity index (χ4n) is 3.79. The monoisotopic (exact) mass is 465 g/mol. The van der Waals surface area contributed by atoms with Crippen LogP contribution < -0.4 is 10.9 Å². The Kier molecular flexibility index (Phi) is 6.35. The van der Waals surface area contributed by atoms with Crippen LogP contribution in [0.5, 0.6) is 0 Å². The van der Waals surface area contributed by atoms with Gasteiger partial charge < -0.3 is 15.4 Å². The molecule has 10 heteroatoms. The number of aromatic nitrogens is 4. The van der Waals surface area contributed by atoms with E-state index in [2.05, 4.69) is 25.5 Å². The molecule has 0 amide bonds. The Morgan fingerprint density at radius 2 is 2.00 bits per heavy atom. The van der Waals surface area contributed by atoms with E-state index in [1.807, 2.05) is 43.3 Å². The maximum atomic E-state index is 12.7. The van der Waals surface area contributed by atoms with Gasteiger partial charge in [0.05, 0.1) is 17.8 Å². The average molecular weight is 466 g/mol. The Morgan fingerprint density at radius 1 is 1.23 bits per heavy atom. The van der Waals surface area contributed by atoms with Gasteiger partial charge in [-0.2, -0.15) is 5.10 Å². The van der Waals surface area contributed by atoms with Gasteiger partial charge in [0.25, 0.3) is 5.56 Å². The van der Waals surface area contributed by atoms with E-state index in [0.717, 1.165) is 21.7 Å². The van der Waals surface area contributed by atoms with E-state index < -0.39 is 5.60 Å². The molecule has 1 fully saturated rings. The minimum Gasteiger partial charge on any atom is -0.384 e. The van der Waals surface area contributed by atoms with Crippen LogP contribution in [0.25, 0.3) is 20.7 Å². The smallest absolute Gasteiger partial charge is 0.268 e. The molecule has 4 N–H and O–H groups in total. The van der Waals surface area contributed by atoms with Crippen LogP contribution in [0.2, 0.25) is 0 Å². The molecule has 5 rings (SSSR count). The van der Waals surface area contributed by atoms with Crippen molar-refractivity contribution in [3.8, 4) is 10.4 Å². The second-order valence-corrected chi connectivity index (χ2v) is 8.27. The number of aliphatic hydroxyl groups is 1. The highest BCUT2D eigenvalue weighted by Gasteiger charge is 2.40. The van der Waals surface area contributed by atoms with Gasteiger partial charge in [0.15, 0.2) is 0 Å². The second-order valence-electron chi connectivity index (χ2n) is 7.22. The predicted molar refractivity (Wildman–Crippen MR) is 123 cm³/mol. The SMILES string of the molecule is Cc1[nH]ncc1-c1cc2nc(C3CC(O)(c4ccccc4)CN3)[nH]c(=O)c2s1.Cl.Cl. The van der Waals surface area contributed by atoms with E-state index >= 15 is 0 Å². The summed E-state index contributed by atoms with van der Waals surface area (Å²) in [6.45, 7) is 2.36. The first-order valence-corrected chi connectivity index (χ1v) is 9.90. The minimum absolute atomic E-state index is 0. The average Bonchev–Trinajstić information content (AvgIpc) is 3.41. The van der Waals surface area contributed by atoms with E-state index in [4.69, 9.17) is 0 Å². The van der Waals surface area contributed by atoms with Gasteiger partial charge in [-0.3, -0.25) is 9.89 Å². The van der Waals surface area contributed by atoms with E-state index in [0.29, 0.717) is 29.0 Å². The van der Waals surface area contributed by atoms with Crippen molar-refractivity contribution in [2.24, 2.45) is 0 Å². The molecule has 0 saturated carbocycles. The van der Waals surface area contributed by atoms with Crippen molar-refractivity contribution in [2.75, 3.05) is 6.54 Å². The maximum absolute atomic E-state index is 12.7. The lowest BCUT2D eigenvalue weighted by Crippen LogP contribution is -2.28. The summed E-state index contributed by atoms with van der Waals surface area (Å²) in [5.74, 6) is 0.553. The number of nitrogens with zero attached hydrogens (tertiary/aromatic N) is 2. The molecule has 4 aromatic rings. The van der Waals surface area contributed by atoms with Gasteiger partial charge in [0.1, 0.15) is 16.1 Å². The van der Waals surface area contributed by atoms with Gasteiger partial charge in [-0.15, -0.1) is 36.2 Å². The first-order valence-electron chi connectivity index (χ1n) is 9.09. The molecule has 1 aromatic carbocycles. The third-order valence-corrected chi connectivity index (χ3v) is 6.48. The van der Waals surface area contributed by atoms with Crippen LogP contribution in [0.1, 0.15) is 29.5 Å². The van der Waals surface area contributed by atoms with Gasteiger partial charge >= 0.3 is 0 Å². The maximum Gasteiger partial charge on any atom is 0.268 e. The number of thiophene rings is 1. The summed E-state index contributed by atoms with van der Waals surface area (Å²) < 4.78 is 0.593. The van der Waals surface area contributed by atoms with Crippen LogP contribution >= 0.6 is 36.2 Å². The molecule has 4 heterocycles. The standard InChI is InChI=1S/C20H19N5O2S.2ClH/c1-11-13(9-22-25-11)16-7-14-17(28-16)19(26)24-18(23-14)15-8-20(27,10-21-15)12-5-3-2-4-6-12;;/h2-7,9,15,21,27H,8,10H2,1H3,(H,22,25)(H,23,24,26);2*1H. The first kappa shape index (κ1) is 22.5. The van der Waals surface area contributed by atoms with Gasteiger partial charge in [0, 0.05) is 29.1 Å². The number of halogens is 2. The number of nitrogens with one attached hydrogen (secondary N) is 3. The zero-order valence-electron chi connectivity index (χ0n) is 16.0. The number of benzene rings is 1. The lowest BCUT2D eigenvalue weighted by atomic mass is 9.91. The third-order valence-electron chi connectivity index (χ3n) is 5.32. The van der Waals surface area contributed by atoms with Crippen molar-refractivity contribution in [2.45, 2.75) is 25.0 Å². The molecule has 7 nitrogen and oxygen atoms in total. The molecule has 1 aliphatic heterocycles. The number of hydrogen-bond donors (Lipinski definition) is 4. The Balaban J connectivity index is 0.00000128. The van der Waals surface area contributed by atoms with Crippen molar-refractivity contribution in [3.63, 3.8) is 0 Å². The van der Waals surface area contributed by atoms with Crippen LogP contribution in [0.15, 0.2) is 47.4 Å². The molecule has 0 aliphatic carbocycles. The molecule has 0 spiro atoms. The van der Waals surface area contributed by atoms with E-state index in [1.165, 1.54) is 11.3 Å². The second kappa shape index (κ2) is 8.49. The molecule has 1 saturated heterocycles. The number of rotatable bonds is 3. The summed E-state index contributed by atoms with van der Waals surface area (Å²) in [4.78, 5) is 21.2. The first-order chi connectivity index (χ1) is 13.5. The van der Waals surface area contributed by atoms with E-state index in [1.54, 1.807) is 6.20 Å². The minimum atomic E-state index is -0.979. The molecular formula is C20H21Cl2N5O2S. The van der Waals surface area contributed by atoms with Crippen molar-refractivity contribution < 1.29 is 5.11 Å². The fraction of sp³-hybridized carbons (Fsp3) is 0.250. The van der Waals surface area contributed by atoms with Crippen LogP contribution in [-0.4, -0.2) is 31.8 Å². The number of β-amino-alcohol motifs (C(OH)–C–C–N with tert-alkyl or cyclic N) is 1. The Hall–Kier alpha value is -2.23. The van der Waals surface area contributed by atoms with Crippen molar-refractivity contribution in [1.29, 1.82) is 0 Å². The summed E-state index contributed by atoms with van der Waals surface area (Å²) in [6.07, 6.45) is 2.21. The van der Waals surface area contributed by atoms with Gasteiger partial charge in [-0.25, -0.2) is 4.98 Å². The molecule has 30 heavy (non-hydrogen) atoms.